The predicted octanol–water partition coefficient (Wildman–Crippen LogP) is 3.35. The van der Waals surface area contributed by atoms with Gasteiger partial charge in [0.05, 0.1) is 12.8 Å². The normalized spacial score (nSPS) is 16.2. The molecular formula is C15H31F3N2O2S. The SMILES string of the molecule is CC(N(CCN(C(C)(C)C)S(C)(=O)=O)CC(F)(F)F)C(C)(C)C. The molecule has 0 aromatic heterocycles. The second kappa shape index (κ2) is 7.27. The van der Waals surface area contributed by atoms with Crippen LogP contribution < -0.4 is 0 Å². The van der Waals surface area contributed by atoms with Crippen molar-refractivity contribution in [2.75, 3.05) is 25.9 Å². The van der Waals surface area contributed by atoms with Gasteiger partial charge in [0.2, 0.25) is 10.0 Å². The Balaban J connectivity index is 5.31. The number of sulfonamides is 1. The van der Waals surface area contributed by atoms with E-state index < -0.39 is 28.3 Å². The van der Waals surface area contributed by atoms with Gasteiger partial charge in [-0.15, -0.1) is 0 Å². The first-order valence-electron chi connectivity index (χ1n) is 7.64. The van der Waals surface area contributed by atoms with Gasteiger partial charge in [0.25, 0.3) is 0 Å². The summed E-state index contributed by atoms with van der Waals surface area (Å²) in [6, 6.07) is -0.342. The lowest BCUT2D eigenvalue weighted by molar-refractivity contribution is -0.154. The van der Waals surface area contributed by atoms with Crippen molar-refractivity contribution in [3.8, 4) is 0 Å². The Morgan fingerprint density at radius 2 is 1.39 bits per heavy atom. The molecule has 0 saturated heterocycles. The van der Waals surface area contributed by atoms with E-state index in [9.17, 15) is 21.6 Å². The predicted molar refractivity (Wildman–Crippen MR) is 87.8 cm³/mol. The maximum Gasteiger partial charge on any atom is 0.401 e. The molecule has 0 N–H and O–H groups in total. The van der Waals surface area contributed by atoms with Crippen LogP contribution in [-0.4, -0.2) is 61.3 Å². The number of nitrogens with zero attached hydrogens (tertiary/aromatic N) is 2. The summed E-state index contributed by atoms with van der Waals surface area (Å²) in [5, 5.41) is 0. The highest BCUT2D eigenvalue weighted by Crippen LogP contribution is 2.28. The summed E-state index contributed by atoms with van der Waals surface area (Å²) in [5.41, 5.74) is -1.02. The third-order valence-corrected chi connectivity index (χ3v) is 5.45. The molecule has 0 heterocycles. The molecule has 8 heteroatoms. The van der Waals surface area contributed by atoms with E-state index in [-0.39, 0.29) is 24.5 Å². The summed E-state index contributed by atoms with van der Waals surface area (Å²) in [6.45, 7) is 11.6. The van der Waals surface area contributed by atoms with E-state index in [1.165, 1.54) is 9.21 Å². The van der Waals surface area contributed by atoms with Crippen molar-refractivity contribution in [1.29, 1.82) is 0 Å². The van der Waals surface area contributed by atoms with Crippen molar-refractivity contribution in [2.24, 2.45) is 5.41 Å². The Hall–Kier alpha value is -0.340. The van der Waals surface area contributed by atoms with Gasteiger partial charge in [-0.1, -0.05) is 20.8 Å². The highest BCUT2D eigenvalue weighted by molar-refractivity contribution is 7.88. The lowest BCUT2D eigenvalue weighted by Gasteiger charge is -2.40. The van der Waals surface area contributed by atoms with Gasteiger partial charge in [-0.05, 0) is 33.1 Å². The largest absolute Gasteiger partial charge is 0.401 e. The Morgan fingerprint density at radius 1 is 0.957 bits per heavy atom. The van der Waals surface area contributed by atoms with Crippen LogP contribution in [0.3, 0.4) is 0 Å². The molecule has 0 aliphatic carbocycles. The van der Waals surface area contributed by atoms with Gasteiger partial charge in [0, 0.05) is 24.7 Å². The Kier molecular flexibility index (Phi) is 7.16. The lowest BCUT2D eigenvalue weighted by Crippen LogP contribution is -2.52. The maximum atomic E-state index is 12.9. The van der Waals surface area contributed by atoms with Crippen LogP contribution in [0.25, 0.3) is 0 Å². The number of rotatable bonds is 6. The molecule has 4 nitrogen and oxygen atoms in total. The average Bonchev–Trinajstić information content (AvgIpc) is 2.19. The fourth-order valence-corrected chi connectivity index (χ4v) is 3.81. The third kappa shape index (κ3) is 8.35. The summed E-state index contributed by atoms with van der Waals surface area (Å²) < 4.78 is 63.7. The maximum absolute atomic E-state index is 12.9. The number of alkyl halides is 3. The zero-order valence-corrected chi connectivity index (χ0v) is 16.3. The lowest BCUT2D eigenvalue weighted by atomic mass is 9.87. The molecule has 0 fully saturated rings. The molecule has 0 saturated carbocycles. The second-order valence-electron chi connectivity index (χ2n) is 8.13. The zero-order valence-electron chi connectivity index (χ0n) is 15.5. The van der Waals surface area contributed by atoms with Crippen molar-refractivity contribution in [1.82, 2.24) is 9.21 Å². The van der Waals surface area contributed by atoms with Crippen molar-refractivity contribution in [3.05, 3.63) is 0 Å². The average molecular weight is 360 g/mol. The summed E-state index contributed by atoms with van der Waals surface area (Å²) in [6.07, 6.45) is -3.24. The molecule has 0 aromatic rings. The molecule has 1 unspecified atom stereocenters. The monoisotopic (exact) mass is 360 g/mol. The molecule has 0 aromatic carbocycles. The molecule has 23 heavy (non-hydrogen) atoms. The smallest absolute Gasteiger partial charge is 0.290 e. The summed E-state index contributed by atoms with van der Waals surface area (Å²) in [7, 11) is -3.50. The van der Waals surface area contributed by atoms with E-state index in [0.717, 1.165) is 6.26 Å². The van der Waals surface area contributed by atoms with Gasteiger partial charge in [-0.2, -0.15) is 17.5 Å². The Morgan fingerprint density at radius 3 is 1.65 bits per heavy atom. The first-order valence-corrected chi connectivity index (χ1v) is 9.49. The molecule has 0 aliphatic rings. The Bertz CT molecular complexity index is 476. The second-order valence-corrected chi connectivity index (χ2v) is 10.0. The number of hydrogen-bond donors (Lipinski definition) is 0. The molecule has 0 radical (unpaired) electrons. The van der Waals surface area contributed by atoms with Crippen LogP contribution in [0.5, 0.6) is 0 Å². The van der Waals surface area contributed by atoms with Gasteiger partial charge in [-0.3, -0.25) is 4.90 Å². The summed E-state index contributed by atoms with van der Waals surface area (Å²) in [4.78, 5) is 1.31. The third-order valence-electron chi connectivity index (χ3n) is 3.92. The van der Waals surface area contributed by atoms with Crippen LogP contribution in [-0.2, 0) is 10.0 Å². The van der Waals surface area contributed by atoms with Crippen LogP contribution in [0.2, 0.25) is 0 Å². The van der Waals surface area contributed by atoms with Crippen molar-refractivity contribution in [3.63, 3.8) is 0 Å². The van der Waals surface area contributed by atoms with E-state index in [4.69, 9.17) is 0 Å². The summed E-state index contributed by atoms with van der Waals surface area (Å²) >= 11 is 0. The van der Waals surface area contributed by atoms with E-state index in [2.05, 4.69) is 0 Å². The van der Waals surface area contributed by atoms with Gasteiger partial charge >= 0.3 is 6.18 Å². The molecule has 1 atom stereocenters. The van der Waals surface area contributed by atoms with Crippen LogP contribution in [0.1, 0.15) is 48.5 Å². The quantitative estimate of drug-likeness (QED) is 0.729. The van der Waals surface area contributed by atoms with Gasteiger partial charge in [0.1, 0.15) is 0 Å². The number of halogens is 3. The zero-order chi connectivity index (χ0) is 18.9. The minimum atomic E-state index is -4.32. The molecule has 0 amide bonds. The molecule has 0 spiro atoms. The minimum absolute atomic E-state index is 0.0266. The molecule has 0 rings (SSSR count). The fraction of sp³-hybridized carbons (Fsp3) is 1.00. The first kappa shape index (κ1) is 22.7. The highest BCUT2D eigenvalue weighted by Gasteiger charge is 2.37. The van der Waals surface area contributed by atoms with Crippen molar-refractivity contribution >= 4 is 10.0 Å². The van der Waals surface area contributed by atoms with E-state index in [1.54, 1.807) is 27.7 Å². The van der Waals surface area contributed by atoms with Crippen molar-refractivity contribution in [2.45, 2.75) is 66.2 Å². The minimum Gasteiger partial charge on any atom is -0.290 e. The van der Waals surface area contributed by atoms with Gasteiger partial charge in [0.15, 0.2) is 0 Å². The van der Waals surface area contributed by atoms with Gasteiger partial charge < -0.3 is 0 Å². The van der Waals surface area contributed by atoms with E-state index in [1.807, 2.05) is 20.8 Å². The van der Waals surface area contributed by atoms with Crippen LogP contribution >= 0.6 is 0 Å². The summed E-state index contributed by atoms with van der Waals surface area (Å²) in [5.74, 6) is 0. The standard InChI is InChI=1S/C15H31F3N2O2S/c1-12(13(2,3)4)19(11-15(16,17)18)9-10-20(14(5,6)7)23(8,21)22/h12H,9-11H2,1-8H3. The molecule has 0 aliphatic heterocycles. The van der Waals surface area contributed by atoms with Gasteiger partial charge in [-0.25, -0.2) is 8.42 Å². The highest BCUT2D eigenvalue weighted by atomic mass is 32.2. The Labute approximate surface area is 139 Å². The number of hydrogen-bond acceptors (Lipinski definition) is 3. The molecule has 140 valence electrons. The van der Waals surface area contributed by atoms with Crippen LogP contribution in [0.4, 0.5) is 13.2 Å². The fourth-order valence-electron chi connectivity index (χ4n) is 2.41. The topological polar surface area (TPSA) is 40.6 Å². The van der Waals surface area contributed by atoms with E-state index >= 15 is 0 Å². The van der Waals surface area contributed by atoms with Crippen LogP contribution in [0, 0.1) is 5.41 Å². The van der Waals surface area contributed by atoms with Crippen LogP contribution in [0.15, 0.2) is 0 Å². The molecule has 0 bridgehead atoms. The first-order chi connectivity index (χ1) is 9.86. The van der Waals surface area contributed by atoms with Crippen molar-refractivity contribution < 1.29 is 21.6 Å². The van der Waals surface area contributed by atoms with E-state index in [0.29, 0.717) is 0 Å². The molecular weight excluding hydrogens is 329 g/mol.